The Hall–Kier alpha value is -1.90. The Kier molecular flexibility index (Phi) is 3.38. The first-order chi connectivity index (χ1) is 8.20. The number of carbonyl (C=O) groups excluding carboxylic acids is 1. The van der Waals surface area contributed by atoms with Gasteiger partial charge >= 0.3 is 0 Å². The fraction of sp³-hybridized carbons (Fsp3) is 0. The minimum absolute atomic E-state index is 0.327. The smallest absolute Gasteiger partial charge is 0.275 e. The summed E-state index contributed by atoms with van der Waals surface area (Å²) < 4.78 is 0. The molecule has 0 atom stereocenters. The molecule has 4 nitrogen and oxygen atoms in total. The van der Waals surface area contributed by atoms with E-state index in [0.29, 0.717) is 22.0 Å². The van der Waals surface area contributed by atoms with Crippen LogP contribution in [0.4, 0.5) is 5.69 Å². The second-order valence-electron chi connectivity index (χ2n) is 3.13. The van der Waals surface area contributed by atoms with Gasteiger partial charge in [0, 0.05) is 5.38 Å². The lowest BCUT2D eigenvalue weighted by Gasteiger charge is -2.05. The minimum atomic E-state index is -0.344. The maximum atomic E-state index is 11.7. The molecule has 2 aromatic rings. The van der Waals surface area contributed by atoms with Gasteiger partial charge in [0.05, 0.1) is 27.9 Å². The van der Waals surface area contributed by atoms with Gasteiger partial charge in [-0.1, -0.05) is 11.6 Å². The molecular weight excluding hydrogens is 258 g/mol. The number of nitrogens with zero attached hydrogens (tertiary/aromatic N) is 2. The first kappa shape index (κ1) is 11.6. The number of aromatic nitrogens is 1. The van der Waals surface area contributed by atoms with Gasteiger partial charge in [0.25, 0.3) is 5.91 Å². The Morgan fingerprint density at radius 2 is 2.35 bits per heavy atom. The third kappa shape index (κ3) is 2.61. The van der Waals surface area contributed by atoms with Crippen LogP contribution in [0.25, 0.3) is 0 Å². The van der Waals surface area contributed by atoms with Gasteiger partial charge in [-0.2, -0.15) is 5.26 Å². The number of halogens is 1. The molecule has 2 rings (SSSR count). The van der Waals surface area contributed by atoms with Crippen molar-refractivity contribution in [2.24, 2.45) is 0 Å². The van der Waals surface area contributed by atoms with Crippen molar-refractivity contribution in [1.82, 2.24) is 4.98 Å². The van der Waals surface area contributed by atoms with E-state index in [1.807, 2.05) is 6.07 Å². The van der Waals surface area contributed by atoms with E-state index in [9.17, 15) is 4.79 Å². The van der Waals surface area contributed by atoms with E-state index in [1.54, 1.807) is 23.0 Å². The van der Waals surface area contributed by atoms with Crippen molar-refractivity contribution in [2.75, 3.05) is 5.32 Å². The third-order valence-corrected chi connectivity index (χ3v) is 2.92. The monoisotopic (exact) mass is 263 g/mol. The van der Waals surface area contributed by atoms with Crippen molar-refractivity contribution in [1.29, 1.82) is 5.26 Å². The normalized spacial score (nSPS) is 9.65. The Balaban J connectivity index is 2.25. The number of carbonyl (C=O) groups is 1. The number of hydrogen-bond acceptors (Lipinski definition) is 4. The highest BCUT2D eigenvalue weighted by Crippen LogP contribution is 2.23. The number of thiazole rings is 1. The summed E-state index contributed by atoms with van der Waals surface area (Å²) in [5.74, 6) is -0.344. The number of benzene rings is 1. The van der Waals surface area contributed by atoms with Crippen molar-refractivity contribution >= 4 is 34.5 Å². The quantitative estimate of drug-likeness (QED) is 0.906. The summed E-state index contributed by atoms with van der Waals surface area (Å²) in [6, 6.07) is 6.65. The molecule has 1 amide bonds. The van der Waals surface area contributed by atoms with Crippen LogP contribution in [0.1, 0.15) is 16.1 Å². The predicted octanol–water partition coefficient (Wildman–Crippen LogP) is 2.92. The van der Waals surface area contributed by atoms with Crippen LogP contribution in [-0.4, -0.2) is 10.9 Å². The summed E-state index contributed by atoms with van der Waals surface area (Å²) in [6.45, 7) is 0. The summed E-state index contributed by atoms with van der Waals surface area (Å²) >= 11 is 7.25. The van der Waals surface area contributed by atoms with E-state index in [4.69, 9.17) is 16.9 Å². The van der Waals surface area contributed by atoms with E-state index in [0.717, 1.165) is 0 Å². The zero-order valence-electron chi connectivity index (χ0n) is 8.48. The van der Waals surface area contributed by atoms with Gasteiger partial charge in [-0.25, -0.2) is 4.98 Å². The molecule has 17 heavy (non-hydrogen) atoms. The summed E-state index contributed by atoms with van der Waals surface area (Å²) in [5.41, 5.74) is 2.74. The molecule has 6 heteroatoms. The summed E-state index contributed by atoms with van der Waals surface area (Å²) in [4.78, 5) is 15.6. The minimum Gasteiger partial charge on any atom is -0.319 e. The van der Waals surface area contributed by atoms with Crippen LogP contribution in [-0.2, 0) is 0 Å². The van der Waals surface area contributed by atoms with E-state index in [1.165, 1.54) is 17.4 Å². The SMILES string of the molecule is N#Cc1ccc(Cl)c(NC(=O)c2cscn2)c1. The fourth-order valence-electron chi connectivity index (χ4n) is 1.20. The Bertz CT molecular complexity index is 589. The number of nitrogens with one attached hydrogen (secondary N) is 1. The lowest BCUT2D eigenvalue weighted by atomic mass is 10.2. The lowest BCUT2D eigenvalue weighted by Crippen LogP contribution is -2.12. The lowest BCUT2D eigenvalue weighted by molar-refractivity contribution is 0.102. The average Bonchev–Trinajstić information content (AvgIpc) is 2.85. The van der Waals surface area contributed by atoms with Crippen molar-refractivity contribution < 1.29 is 4.79 Å². The van der Waals surface area contributed by atoms with Crippen molar-refractivity contribution in [3.63, 3.8) is 0 Å². The van der Waals surface area contributed by atoms with Crippen molar-refractivity contribution in [3.05, 3.63) is 45.4 Å². The van der Waals surface area contributed by atoms with E-state index in [2.05, 4.69) is 10.3 Å². The molecule has 0 aliphatic rings. The first-order valence-electron chi connectivity index (χ1n) is 4.60. The molecule has 1 aromatic carbocycles. The first-order valence-corrected chi connectivity index (χ1v) is 5.92. The van der Waals surface area contributed by atoms with Gasteiger partial charge < -0.3 is 5.32 Å². The maximum Gasteiger partial charge on any atom is 0.275 e. The van der Waals surface area contributed by atoms with Gasteiger partial charge in [-0.3, -0.25) is 4.79 Å². The van der Waals surface area contributed by atoms with Gasteiger partial charge in [-0.05, 0) is 18.2 Å². The molecule has 0 spiro atoms. The Labute approximate surface area is 106 Å². The maximum absolute atomic E-state index is 11.7. The van der Waals surface area contributed by atoms with E-state index >= 15 is 0 Å². The third-order valence-electron chi connectivity index (χ3n) is 2.01. The number of amides is 1. The van der Waals surface area contributed by atoms with Crippen molar-refractivity contribution in [3.8, 4) is 6.07 Å². The van der Waals surface area contributed by atoms with Crippen LogP contribution in [0.5, 0.6) is 0 Å². The second kappa shape index (κ2) is 4.95. The van der Waals surface area contributed by atoms with Gasteiger partial charge in [-0.15, -0.1) is 11.3 Å². The van der Waals surface area contributed by atoms with E-state index < -0.39 is 0 Å². The van der Waals surface area contributed by atoms with Gasteiger partial charge in [0.2, 0.25) is 0 Å². The Morgan fingerprint density at radius 3 is 3.00 bits per heavy atom. The van der Waals surface area contributed by atoms with Crippen LogP contribution >= 0.6 is 22.9 Å². The summed E-state index contributed by atoms with van der Waals surface area (Å²) in [5, 5.41) is 13.4. The van der Waals surface area contributed by atoms with Crippen molar-refractivity contribution in [2.45, 2.75) is 0 Å². The average molecular weight is 264 g/mol. The Morgan fingerprint density at radius 1 is 1.53 bits per heavy atom. The standard InChI is InChI=1S/C11H6ClN3OS/c12-8-2-1-7(4-13)3-9(8)15-11(16)10-5-17-6-14-10/h1-3,5-6H,(H,15,16). The highest BCUT2D eigenvalue weighted by atomic mass is 35.5. The number of nitriles is 1. The fourth-order valence-corrected chi connectivity index (χ4v) is 1.90. The predicted molar refractivity (Wildman–Crippen MR) is 66.2 cm³/mol. The molecule has 1 N–H and O–H groups in total. The molecule has 0 saturated carbocycles. The van der Waals surface area contributed by atoms with Crippen LogP contribution in [0.2, 0.25) is 5.02 Å². The molecule has 0 fully saturated rings. The molecule has 0 radical (unpaired) electrons. The number of rotatable bonds is 2. The van der Waals surface area contributed by atoms with Gasteiger partial charge in [0.15, 0.2) is 0 Å². The zero-order chi connectivity index (χ0) is 12.3. The molecule has 0 bridgehead atoms. The second-order valence-corrected chi connectivity index (χ2v) is 4.26. The van der Waals surface area contributed by atoms with Gasteiger partial charge in [0.1, 0.15) is 5.69 Å². The summed E-state index contributed by atoms with van der Waals surface area (Å²) in [7, 11) is 0. The zero-order valence-corrected chi connectivity index (χ0v) is 10.0. The molecule has 84 valence electrons. The number of hydrogen-bond donors (Lipinski definition) is 1. The van der Waals surface area contributed by atoms with Crippen LogP contribution in [0.15, 0.2) is 29.1 Å². The van der Waals surface area contributed by atoms with Crippen LogP contribution in [0.3, 0.4) is 0 Å². The highest BCUT2D eigenvalue weighted by Gasteiger charge is 2.10. The molecule has 0 aliphatic carbocycles. The largest absolute Gasteiger partial charge is 0.319 e. The molecule has 0 unspecified atom stereocenters. The molecular formula is C11H6ClN3OS. The highest BCUT2D eigenvalue weighted by molar-refractivity contribution is 7.07. The van der Waals surface area contributed by atoms with Crippen LogP contribution in [0, 0.1) is 11.3 Å². The van der Waals surface area contributed by atoms with E-state index in [-0.39, 0.29) is 5.91 Å². The molecule has 1 heterocycles. The summed E-state index contributed by atoms with van der Waals surface area (Å²) in [6.07, 6.45) is 0. The number of anilines is 1. The molecule has 1 aromatic heterocycles. The van der Waals surface area contributed by atoms with Crippen LogP contribution < -0.4 is 5.32 Å². The molecule has 0 saturated heterocycles. The topological polar surface area (TPSA) is 65.8 Å². The molecule has 0 aliphatic heterocycles.